The summed E-state index contributed by atoms with van der Waals surface area (Å²) in [4.78, 5) is 37.1. The van der Waals surface area contributed by atoms with E-state index in [2.05, 4.69) is 0 Å². The van der Waals surface area contributed by atoms with Crippen molar-refractivity contribution in [2.75, 3.05) is 6.61 Å². The van der Waals surface area contributed by atoms with E-state index in [4.69, 9.17) is 32.1 Å². The zero-order valence-corrected chi connectivity index (χ0v) is 23.1. The number of rotatable bonds is 9. The molecule has 39 heavy (non-hydrogen) atoms. The number of carbonyl (C=O) groups is 2. The summed E-state index contributed by atoms with van der Waals surface area (Å²) >= 11 is 12.9. The molecule has 1 aliphatic rings. The average Bonchev–Trinajstić information content (AvgIpc) is 3.14. The fourth-order valence-corrected chi connectivity index (χ4v) is 5.78. The van der Waals surface area contributed by atoms with Crippen LogP contribution in [0, 0.1) is 10.1 Å². The molecule has 3 aromatic rings. The van der Waals surface area contributed by atoms with Crippen LogP contribution in [0.5, 0.6) is 11.5 Å². The van der Waals surface area contributed by atoms with Crippen LogP contribution < -0.4 is 8.92 Å². The Hall–Kier alpha value is -3.58. The van der Waals surface area contributed by atoms with Gasteiger partial charge >= 0.3 is 10.1 Å². The van der Waals surface area contributed by atoms with Crippen LogP contribution >= 0.6 is 35.0 Å². The van der Waals surface area contributed by atoms with E-state index in [0.717, 1.165) is 4.90 Å². The summed E-state index contributed by atoms with van der Waals surface area (Å²) in [6, 6.07) is 13.9. The number of imide groups is 1. The zero-order valence-electron chi connectivity index (χ0n) is 20.0. The van der Waals surface area contributed by atoms with Crippen LogP contribution in [0.1, 0.15) is 18.1 Å². The molecule has 0 aromatic heterocycles. The van der Waals surface area contributed by atoms with Crippen molar-refractivity contribution in [3.63, 3.8) is 0 Å². The first kappa shape index (κ1) is 28.4. The summed E-state index contributed by atoms with van der Waals surface area (Å²) in [6.07, 6.45) is 1.39. The van der Waals surface area contributed by atoms with Crippen LogP contribution in [0.2, 0.25) is 10.0 Å². The Morgan fingerprint density at radius 3 is 2.44 bits per heavy atom. The van der Waals surface area contributed by atoms with Crippen molar-refractivity contribution < 1.29 is 31.9 Å². The highest BCUT2D eigenvalue weighted by Gasteiger charge is 2.36. The van der Waals surface area contributed by atoms with Crippen LogP contribution in [-0.2, 0) is 21.5 Å². The van der Waals surface area contributed by atoms with Crippen LogP contribution in [0.3, 0.4) is 0 Å². The number of nitro groups is 1. The van der Waals surface area contributed by atoms with E-state index in [1.807, 2.05) is 0 Å². The van der Waals surface area contributed by atoms with E-state index in [1.165, 1.54) is 60.7 Å². The first-order valence-electron chi connectivity index (χ1n) is 11.1. The molecule has 1 saturated heterocycles. The molecule has 0 radical (unpaired) electrons. The summed E-state index contributed by atoms with van der Waals surface area (Å²) < 4.78 is 36.4. The maximum atomic E-state index is 13.0. The lowest BCUT2D eigenvalue weighted by Crippen LogP contribution is -2.27. The summed E-state index contributed by atoms with van der Waals surface area (Å²) in [5, 5.41) is 10.9. The van der Waals surface area contributed by atoms with Crippen molar-refractivity contribution in [2.24, 2.45) is 0 Å². The van der Waals surface area contributed by atoms with Crippen molar-refractivity contribution >= 4 is 68.0 Å². The van der Waals surface area contributed by atoms with Gasteiger partial charge in [-0.15, -0.1) is 0 Å². The van der Waals surface area contributed by atoms with E-state index < -0.39 is 26.2 Å². The van der Waals surface area contributed by atoms with E-state index >= 15 is 0 Å². The molecule has 1 heterocycles. The van der Waals surface area contributed by atoms with E-state index in [1.54, 1.807) is 13.0 Å². The van der Waals surface area contributed by atoms with Gasteiger partial charge in [-0.05, 0) is 66.7 Å². The van der Waals surface area contributed by atoms with Crippen molar-refractivity contribution in [1.82, 2.24) is 4.90 Å². The number of para-hydroxylation sites is 1. The van der Waals surface area contributed by atoms with Gasteiger partial charge in [0.1, 0.15) is 4.90 Å². The molecule has 0 bridgehead atoms. The van der Waals surface area contributed by atoms with Crippen molar-refractivity contribution in [2.45, 2.75) is 18.4 Å². The zero-order chi connectivity index (χ0) is 28.3. The second kappa shape index (κ2) is 11.7. The van der Waals surface area contributed by atoms with Crippen molar-refractivity contribution in [3.8, 4) is 11.5 Å². The fourth-order valence-electron chi connectivity index (χ4n) is 3.55. The molecule has 1 aliphatic heterocycles. The van der Waals surface area contributed by atoms with E-state index in [0.29, 0.717) is 22.3 Å². The first-order chi connectivity index (χ1) is 18.5. The molecule has 0 aliphatic carbocycles. The molecule has 2 amide bonds. The van der Waals surface area contributed by atoms with Gasteiger partial charge in [0.15, 0.2) is 5.75 Å². The number of amides is 2. The van der Waals surface area contributed by atoms with Crippen LogP contribution in [0.4, 0.5) is 10.5 Å². The maximum Gasteiger partial charge on any atom is 0.339 e. The minimum atomic E-state index is -4.29. The molecule has 4 rings (SSSR count). The van der Waals surface area contributed by atoms with Gasteiger partial charge in [-0.3, -0.25) is 24.6 Å². The third-order valence-corrected chi connectivity index (χ3v) is 7.99. The molecule has 0 spiro atoms. The predicted octanol–water partition coefficient (Wildman–Crippen LogP) is 6.30. The van der Waals surface area contributed by atoms with Gasteiger partial charge in [-0.2, -0.15) is 8.42 Å². The number of ether oxygens (including phenoxy) is 1. The quantitative estimate of drug-likeness (QED) is 0.119. The van der Waals surface area contributed by atoms with Gasteiger partial charge in [-0.1, -0.05) is 41.4 Å². The number of hydrogen-bond acceptors (Lipinski definition) is 9. The molecular formula is C25H18Cl2N2O8S2. The second-order valence-electron chi connectivity index (χ2n) is 7.91. The standard InChI is InChI=1S/C25H18Cl2N2O8S2/c1-2-36-21-12-15(11-19(27)23(21)37-39(34,35)18-9-7-17(26)8-10-18)13-22-24(30)28(25(31)38-22)14-16-5-3-4-6-20(16)29(32)33/h3-13H,2,14H2,1H3/b22-13-. The highest BCUT2D eigenvalue weighted by molar-refractivity contribution is 8.18. The number of thioether (sulfide) groups is 1. The molecule has 1 fully saturated rings. The summed E-state index contributed by atoms with van der Waals surface area (Å²) in [5.74, 6) is -0.911. The van der Waals surface area contributed by atoms with Gasteiger partial charge in [0.25, 0.3) is 16.8 Å². The summed E-state index contributed by atoms with van der Waals surface area (Å²) in [6.45, 7) is 1.54. The molecular weight excluding hydrogens is 591 g/mol. The van der Waals surface area contributed by atoms with E-state index in [-0.39, 0.29) is 50.7 Å². The fraction of sp³-hybridized carbons (Fsp3) is 0.120. The van der Waals surface area contributed by atoms with Gasteiger partial charge in [0, 0.05) is 16.7 Å². The van der Waals surface area contributed by atoms with Gasteiger partial charge in [0.05, 0.1) is 28.0 Å². The average molecular weight is 609 g/mol. The highest BCUT2D eigenvalue weighted by Crippen LogP contribution is 2.41. The van der Waals surface area contributed by atoms with Crippen molar-refractivity contribution in [1.29, 1.82) is 0 Å². The minimum absolute atomic E-state index is 0.00655. The summed E-state index contributed by atoms with van der Waals surface area (Å²) in [7, 11) is -4.29. The SMILES string of the molecule is CCOc1cc(/C=C2\SC(=O)N(Cc3ccccc3[N+](=O)[O-])C2=O)cc(Cl)c1OS(=O)(=O)c1ccc(Cl)cc1. The Labute approximate surface area is 237 Å². The van der Waals surface area contributed by atoms with Crippen LogP contribution in [0.25, 0.3) is 6.08 Å². The second-order valence-corrected chi connectivity index (χ2v) is 11.3. The molecule has 14 heteroatoms. The van der Waals surface area contributed by atoms with E-state index in [9.17, 15) is 28.1 Å². The molecule has 0 atom stereocenters. The number of benzene rings is 3. The van der Waals surface area contributed by atoms with Gasteiger partial charge in [0.2, 0.25) is 5.75 Å². The lowest BCUT2D eigenvalue weighted by atomic mass is 10.1. The Kier molecular flexibility index (Phi) is 8.50. The first-order valence-corrected chi connectivity index (χ1v) is 14.1. The van der Waals surface area contributed by atoms with Crippen LogP contribution in [0.15, 0.2) is 70.5 Å². The number of hydrogen-bond donors (Lipinski definition) is 0. The number of nitro benzene ring substituents is 1. The van der Waals surface area contributed by atoms with Crippen molar-refractivity contribution in [3.05, 3.63) is 96.9 Å². The smallest absolute Gasteiger partial charge is 0.339 e. The Morgan fingerprint density at radius 1 is 1.08 bits per heavy atom. The number of nitrogens with zero attached hydrogens (tertiary/aromatic N) is 2. The third kappa shape index (κ3) is 6.36. The molecule has 202 valence electrons. The maximum absolute atomic E-state index is 13.0. The minimum Gasteiger partial charge on any atom is -0.490 e. The van der Waals surface area contributed by atoms with Gasteiger partial charge < -0.3 is 8.92 Å². The third-order valence-electron chi connectivity index (χ3n) is 5.32. The van der Waals surface area contributed by atoms with Gasteiger partial charge in [-0.25, -0.2) is 0 Å². The van der Waals surface area contributed by atoms with Crippen LogP contribution in [-0.4, -0.2) is 36.0 Å². The monoisotopic (exact) mass is 608 g/mol. The number of carbonyl (C=O) groups excluding carboxylic acids is 2. The molecule has 0 unspecified atom stereocenters. The Balaban J connectivity index is 1.63. The molecule has 3 aromatic carbocycles. The Bertz CT molecular complexity index is 1610. The topological polar surface area (TPSA) is 133 Å². The highest BCUT2D eigenvalue weighted by atomic mass is 35.5. The largest absolute Gasteiger partial charge is 0.490 e. The molecule has 10 nitrogen and oxygen atoms in total. The predicted molar refractivity (Wildman–Crippen MR) is 146 cm³/mol. The number of halogens is 2. The molecule has 0 saturated carbocycles. The summed E-state index contributed by atoms with van der Waals surface area (Å²) in [5.41, 5.74) is 0.324. The normalized spacial score (nSPS) is 14.6. The lowest BCUT2D eigenvalue weighted by Gasteiger charge is -2.14. The lowest BCUT2D eigenvalue weighted by molar-refractivity contribution is -0.385. The Morgan fingerprint density at radius 2 is 1.77 bits per heavy atom. The molecule has 0 N–H and O–H groups in total.